The Kier molecular flexibility index (Phi) is 8.52. The van der Waals surface area contributed by atoms with Crippen molar-refractivity contribution >= 4 is 46.8 Å². The summed E-state index contributed by atoms with van der Waals surface area (Å²) in [6.45, 7) is 13.6. The van der Waals surface area contributed by atoms with Crippen molar-refractivity contribution in [1.29, 1.82) is 0 Å². The molecule has 4 aliphatic rings. The van der Waals surface area contributed by atoms with Gasteiger partial charge in [-0.2, -0.15) is 0 Å². The summed E-state index contributed by atoms with van der Waals surface area (Å²) in [4.78, 5) is 33.1. The van der Waals surface area contributed by atoms with E-state index in [4.69, 9.17) is 28.5 Å². The number of methoxy groups -OCH3 is 2. The molecule has 0 radical (unpaired) electrons. The Morgan fingerprint density at radius 2 is 1.80 bits per heavy atom. The van der Waals surface area contributed by atoms with Crippen LogP contribution < -0.4 is 15.5 Å². The summed E-state index contributed by atoms with van der Waals surface area (Å²) >= 11 is 0. The van der Waals surface area contributed by atoms with Gasteiger partial charge >= 0.3 is 13.2 Å². The van der Waals surface area contributed by atoms with Crippen molar-refractivity contribution in [2.24, 2.45) is 16.8 Å². The number of likely N-dealkylation sites (tertiary alicyclic amines) is 1. The third kappa shape index (κ3) is 5.89. The van der Waals surface area contributed by atoms with Gasteiger partial charge in [-0.1, -0.05) is 38.1 Å². The number of rotatable bonds is 7. The third-order valence-corrected chi connectivity index (χ3v) is 11.0. The summed E-state index contributed by atoms with van der Waals surface area (Å²) in [6, 6.07) is 14.0. The molecule has 0 bridgehead atoms. The summed E-state index contributed by atoms with van der Waals surface area (Å²) in [6.07, 6.45) is 0.757. The molecule has 3 atom stereocenters. The van der Waals surface area contributed by atoms with E-state index in [1.165, 1.54) is 7.11 Å². The Labute approximate surface area is 288 Å². The predicted molar refractivity (Wildman–Crippen MR) is 190 cm³/mol. The number of benzene rings is 3. The number of carbonyl (C=O) groups is 2. The zero-order valence-corrected chi connectivity index (χ0v) is 29.7. The van der Waals surface area contributed by atoms with Gasteiger partial charge in [0.2, 0.25) is 5.91 Å². The molecule has 7 rings (SSSR count). The molecule has 10 nitrogen and oxygen atoms in total. The van der Waals surface area contributed by atoms with Crippen LogP contribution in [0.15, 0.2) is 47.5 Å². The highest BCUT2D eigenvalue weighted by Crippen LogP contribution is 2.44. The molecule has 3 aromatic carbocycles. The fourth-order valence-corrected chi connectivity index (χ4v) is 7.59. The highest BCUT2D eigenvalue weighted by Gasteiger charge is 2.52. The molecule has 2 amide bonds. The van der Waals surface area contributed by atoms with Crippen molar-refractivity contribution < 1.29 is 33.1 Å². The summed E-state index contributed by atoms with van der Waals surface area (Å²) < 4.78 is 29.4. The lowest BCUT2D eigenvalue weighted by molar-refractivity contribution is -0.134. The van der Waals surface area contributed by atoms with Crippen LogP contribution in [-0.4, -0.2) is 80.4 Å². The van der Waals surface area contributed by atoms with Gasteiger partial charge in [0.25, 0.3) is 0 Å². The lowest BCUT2D eigenvalue weighted by Gasteiger charge is -2.32. The summed E-state index contributed by atoms with van der Waals surface area (Å²) in [7, 11) is 2.56. The molecule has 0 saturated carbocycles. The summed E-state index contributed by atoms with van der Waals surface area (Å²) in [5.74, 6) is 0.762. The SMILES string of the molecule is COC[C@H]1C[C@@H](C2=Nc3ccc4cc5c(cc4c3C2)OCc2cc(B3OC(C)(C)C(C)(C)O3)ccc2-5)N(C(=O)[C@@H](NC(=O)OC)C(C)C)C1. The molecule has 0 unspecified atom stereocenters. The van der Waals surface area contributed by atoms with Crippen LogP contribution in [0.1, 0.15) is 59.1 Å². The molecule has 49 heavy (non-hydrogen) atoms. The van der Waals surface area contributed by atoms with Crippen molar-refractivity contribution in [3.8, 4) is 16.9 Å². The maximum Gasteiger partial charge on any atom is 0.494 e. The topological polar surface area (TPSA) is 108 Å². The van der Waals surface area contributed by atoms with E-state index in [0.29, 0.717) is 26.2 Å². The van der Waals surface area contributed by atoms with Gasteiger partial charge in [0, 0.05) is 37.3 Å². The lowest BCUT2D eigenvalue weighted by atomic mass is 9.77. The van der Waals surface area contributed by atoms with Crippen LogP contribution in [0.5, 0.6) is 5.75 Å². The maximum absolute atomic E-state index is 14.0. The Hall–Kier alpha value is -3.93. The largest absolute Gasteiger partial charge is 0.494 e. The van der Waals surface area contributed by atoms with Crippen molar-refractivity contribution in [3.05, 3.63) is 53.6 Å². The number of nitrogens with zero attached hydrogens (tertiary/aromatic N) is 2. The van der Waals surface area contributed by atoms with E-state index in [1.54, 1.807) is 7.11 Å². The molecule has 2 saturated heterocycles. The minimum Gasteiger partial charge on any atom is -0.488 e. The second-order valence-electron chi connectivity index (χ2n) is 15.1. The first-order chi connectivity index (χ1) is 23.3. The average molecular weight is 668 g/mol. The van der Waals surface area contributed by atoms with Gasteiger partial charge in [0.05, 0.1) is 36.6 Å². The van der Waals surface area contributed by atoms with Crippen molar-refractivity contribution in [2.45, 2.75) is 84.3 Å². The van der Waals surface area contributed by atoms with E-state index < -0.39 is 30.5 Å². The van der Waals surface area contributed by atoms with E-state index in [0.717, 1.165) is 62.1 Å². The fourth-order valence-electron chi connectivity index (χ4n) is 7.59. The first-order valence-corrected chi connectivity index (χ1v) is 17.2. The smallest absolute Gasteiger partial charge is 0.488 e. The Morgan fingerprint density at radius 1 is 1.04 bits per heavy atom. The number of fused-ring (bicyclic) bond motifs is 6. The van der Waals surface area contributed by atoms with Gasteiger partial charge in [-0.15, -0.1) is 0 Å². The maximum atomic E-state index is 14.0. The molecule has 4 heterocycles. The quantitative estimate of drug-likeness (QED) is 0.329. The molecule has 0 aromatic heterocycles. The normalized spacial score (nSPS) is 22.3. The zero-order valence-electron chi connectivity index (χ0n) is 29.7. The van der Waals surface area contributed by atoms with Crippen LogP contribution in [0.2, 0.25) is 0 Å². The summed E-state index contributed by atoms with van der Waals surface area (Å²) in [5, 5.41) is 4.96. The van der Waals surface area contributed by atoms with E-state index >= 15 is 0 Å². The number of aliphatic imine (C=N–C) groups is 1. The first kappa shape index (κ1) is 33.6. The van der Waals surface area contributed by atoms with Gasteiger partial charge in [-0.3, -0.25) is 9.79 Å². The highest BCUT2D eigenvalue weighted by molar-refractivity contribution is 6.62. The molecular formula is C38H46BN3O7. The van der Waals surface area contributed by atoms with Crippen LogP contribution in [0.25, 0.3) is 21.9 Å². The van der Waals surface area contributed by atoms with Crippen LogP contribution in [0.4, 0.5) is 10.5 Å². The molecule has 3 aromatic rings. The standard InChI is InChI=1S/C38H46BN3O7/c1-21(2)34(41-36(44)46-8)35(43)42-18-22(19-45-7)13-32(42)31-16-28-27-17-33-29(15-23(27)9-12-30(28)40-31)26-11-10-25(14-24(26)20-47-33)39-48-37(3,4)38(5,6)49-39/h9-12,14-15,17,21-22,32,34H,13,16,18-20H2,1-8H3,(H,41,44)/t22-,32-,34-/m0/s1. The number of alkyl carbamates (subject to hydrolysis) is 1. The molecule has 0 aliphatic carbocycles. The van der Waals surface area contributed by atoms with Crippen molar-refractivity contribution in [1.82, 2.24) is 10.2 Å². The minimum absolute atomic E-state index is 0.119. The predicted octanol–water partition coefficient (Wildman–Crippen LogP) is 5.57. The van der Waals surface area contributed by atoms with E-state index in [2.05, 4.69) is 75.5 Å². The highest BCUT2D eigenvalue weighted by atomic mass is 16.7. The van der Waals surface area contributed by atoms with E-state index in [9.17, 15) is 9.59 Å². The molecule has 11 heteroatoms. The second kappa shape index (κ2) is 12.4. The van der Waals surface area contributed by atoms with E-state index in [-0.39, 0.29) is 23.8 Å². The zero-order chi connectivity index (χ0) is 34.8. The van der Waals surface area contributed by atoms with Gasteiger partial charge in [-0.05, 0) is 91.2 Å². The van der Waals surface area contributed by atoms with Gasteiger partial charge < -0.3 is 33.7 Å². The Balaban J connectivity index is 1.16. The second-order valence-corrected chi connectivity index (χ2v) is 15.1. The number of ether oxygens (including phenoxy) is 3. The van der Waals surface area contributed by atoms with Gasteiger partial charge in [-0.25, -0.2) is 4.79 Å². The molecule has 2 fully saturated rings. The van der Waals surface area contributed by atoms with Crippen LogP contribution in [-0.2, 0) is 36.6 Å². The number of nitrogens with one attached hydrogen (secondary N) is 1. The van der Waals surface area contributed by atoms with Crippen LogP contribution in [0, 0.1) is 11.8 Å². The minimum atomic E-state index is -0.707. The number of amides is 2. The van der Waals surface area contributed by atoms with Gasteiger partial charge in [0.1, 0.15) is 18.4 Å². The summed E-state index contributed by atoms with van der Waals surface area (Å²) in [5.41, 5.74) is 6.48. The monoisotopic (exact) mass is 667 g/mol. The van der Waals surface area contributed by atoms with E-state index in [1.807, 2.05) is 18.7 Å². The number of carbonyl (C=O) groups excluding carboxylic acids is 2. The van der Waals surface area contributed by atoms with Crippen LogP contribution in [0.3, 0.4) is 0 Å². The van der Waals surface area contributed by atoms with Crippen LogP contribution >= 0.6 is 0 Å². The first-order valence-electron chi connectivity index (χ1n) is 17.2. The van der Waals surface area contributed by atoms with Crippen molar-refractivity contribution in [3.63, 3.8) is 0 Å². The lowest BCUT2D eigenvalue weighted by Crippen LogP contribution is -2.53. The molecule has 1 N–H and O–H groups in total. The average Bonchev–Trinajstić information content (AvgIpc) is 3.75. The number of hydrogen-bond acceptors (Lipinski definition) is 8. The van der Waals surface area contributed by atoms with Gasteiger partial charge in [0.15, 0.2) is 0 Å². The molecular weight excluding hydrogens is 621 g/mol. The molecule has 0 spiro atoms. The Bertz CT molecular complexity index is 1840. The number of hydrogen-bond donors (Lipinski definition) is 1. The molecule has 4 aliphatic heterocycles. The fraction of sp³-hybridized carbons (Fsp3) is 0.500. The molecule has 258 valence electrons. The van der Waals surface area contributed by atoms with Crippen molar-refractivity contribution in [2.75, 3.05) is 27.4 Å². The Morgan fingerprint density at radius 3 is 2.49 bits per heavy atom. The third-order valence-electron chi connectivity index (χ3n) is 11.0.